The molecule has 0 atom stereocenters. The molecule has 2 aromatic carbocycles. The fraction of sp³-hybridized carbons (Fsp3) is 0. The summed E-state index contributed by atoms with van der Waals surface area (Å²) < 4.78 is 0. The van der Waals surface area contributed by atoms with Crippen molar-refractivity contribution in [2.24, 2.45) is 5.90 Å². The van der Waals surface area contributed by atoms with Crippen molar-refractivity contribution in [1.82, 2.24) is 0 Å². The molecule has 0 bridgehead atoms. The summed E-state index contributed by atoms with van der Waals surface area (Å²) in [5, 5.41) is 0. The molecule has 2 N–H and O–H groups in total. The maximum Gasteiger partial charge on any atom is 0.147 e. The van der Waals surface area contributed by atoms with Gasteiger partial charge in [0.05, 0.1) is 0 Å². The molecule has 2 rings (SSSR count). The third-order valence-electron chi connectivity index (χ3n) is 2.08. The highest BCUT2D eigenvalue weighted by Gasteiger charge is 1.97. The van der Waals surface area contributed by atoms with E-state index in [0.717, 1.165) is 11.1 Å². The number of hydrogen-bond acceptors (Lipinski definition) is 2. The molecule has 0 amide bonds. The second kappa shape index (κ2) is 3.94. The maximum atomic E-state index is 5.10. The molecule has 0 unspecified atom stereocenters. The van der Waals surface area contributed by atoms with E-state index in [1.165, 1.54) is 0 Å². The topological polar surface area (TPSA) is 35.2 Å². The third kappa shape index (κ3) is 1.75. The molecule has 0 spiro atoms. The first-order chi connectivity index (χ1) is 6.90. The van der Waals surface area contributed by atoms with Crippen molar-refractivity contribution in [3.8, 4) is 16.9 Å². The van der Waals surface area contributed by atoms with Crippen LogP contribution in [0, 0.1) is 0 Å². The van der Waals surface area contributed by atoms with E-state index in [9.17, 15) is 0 Å². The van der Waals surface area contributed by atoms with Gasteiger partial charge in [0.25, 0.3) is 0 Å². The van der Waals surface area contributed by atoms with Crippen LogP contribution in [0.3, 0.4) is 0 Å². The summed E-state index contributed by atoms with van der Waals surface area (Å²) in [5.41, 5.74) is 2.26. The quantitative estimate of drug-likeness (QED) is 0.730. The van der Waals surface area contributed by atoms with Gasteiger partial charge in [0.1, 0.15) is 5.75 Å². The van der Waals surface area contributed by atoms with E-state index in [1.54, 1.807) is 0 Å². The lowest BCUT2D eigenvalue weighted by atomic mass is 10.1. The summed E-state index contributed by atoms with van der Waals surface area (Å²) in [6.45, 7) is 0. The Morgan fingerprint density at radius 2 is 1.50 bits per heavy atom. The summed E-state index contributed by atoms with van der Waals surface area (Å²) in [5.74, 6) is 5.77. The average Bonchev–Trinajstić information content (AvgIpc) is 2.30. The van der Waals surface area contributed by atoms with Crippen LogP contribution in [0.4, 0.5) is 0 Å². The van der Waals surface area contributed by atoms with Gasteiger partial charge in [-0.2, -0.15) is 5.90 Å². The van der Waals surface area contributed by atoms with E-state index in [2.05, 4.69) is 17.0 Å². The van der Waals surface area contributed by atoms with Crippen LogP contribution in [0.25, 0.3) is 11.1 Å². The van der Waals surface area contributed by atoms with Gasteiger partial charge >= 0.3 is 0 Å². The highest BCUT2D eigenvalue weighted by molar-refractivity contribution is 5.64. The molecule has 2 aromatic rings. The second-order valence-corrected chi connectivity index (χ2v) is 3.01. The van der Waals surface area contributed by atoms with Gasteiger partial charge in [0, 0.05) is 0 Å². The van der Waals surface area contributed by atoms with Crippen molar-refractivity contribution in [2.75, 3.05) is 0 Å². The summed E-state index contributed by atoms with van der Waals surface area (Å²) in [6.07, 6.45) is 0. The van der Waals surface area contributed by atoms with Crippen molar-refractivity contribution in [1.29, 1.82) is 0 Å². The lowest BCUT2D eigenvalue weighted by molar-refractivity contribution is 0.334. The van der Waals surface area contributed by atoms with Gasteiger partial charge in [0.15, 0.2) is 0 Å². The molecule has 0 saturated heterocycles. The zero-order valence-corrected chi connectivity index (χ0v) is 7.68. The van der Waals surface area contributed by atoms with Crippen molar-refractivity contribution in [3.63, 3.8) is 0 Å². The van der Waals surface area contributed by atoms with Gasteiger partial charge in [-0.05, 0) is 23.3 Å². The molecule has 70 valence electrons. The summed E-state index contributed by atoms with van der Waals surface area (Å²) >= 11 is 0. The van der Waals surface area contributed by atoms with Gasteiger partial charge in [-0.3, -0.25) is 0 Å². The largest absolute Gasteiger partial charge is 0.412 e. The van der Waals surface area contributed by atoms with E-state index in [-0.39, 0.29) is 0 Å². The van der Waals surface area contributed by atoms with Crippen LogP contribution in [0.1, 0.15) is 0 Å². The van der Waals surface area contributed by atoms with Crippen molar-refractivity contribution in [3.05, 3.63) is 54.6 Å². The summed E-state index contributed by atoms with van der Waals surface area (Å²) in [4.78, 5) is 4.68. The van der Waals surface area contributed by atoms with Crippen LogP contribution in [-0.2, 0) is 0 Å². The molecule has 2 heteroatoms. The van der Waals surface area contributed by atoms with Crippen LogP contribution in [0.5, 0.6) is 5.75 Å². The predicted molar refractivity (Wildman–Crippen MR) is 56.7 cm³/mol. The van der Waals surface area contributed by atoms with Crippen LogP contribution in [0.15, 0.2) is 54.6 Å². The smallest absolute Gasteiger partial charge is 0.147 e. The minimum absolute atomic E-state index is 0.673. The Hall–Kier alpha value is -1.80. The van der Waals surface area contributed by atoms with Crippen LogP contribution in [-0.4, -0.2) is 0 Å². The van der Waals surface area contributed by atoms with E-state index < -0.39 is 0 Å². The minimum atomic E-state index is 0.673. The molecule has 0 radical (unpaired) electrons. The molecule has 0 aliphatic heterocycles. The Kier molecular flexibility index (Phi) is 2.47. The number of rotatable bonds is 2. The second-order valence-electron chi connectivity index (χ2n) is 3.01. The lowest BCUT2D eigenvalue weighted by Gasteiger charge is -2.03. The van der Waals surface area contributed by atoms with Crippen LogP contribution in [0.2, 0.25) is 0 Å². The van der Waals surface area contributed by atoms with E-state index in [0.29, 0.717) is 5.75 Å². The summed E-state index contributed by atoms with van der Waals surface area (Å²) in [6, 6.07) is 17.8. The van der Waals surface area contributed by atoms with Crippen molar-refractivity contribution >= 4 is 0 Å². The van der Waals surface area contributed by atoms with Gasteiger partial charge < -0.3 is 4.84 Å². The summed E-state index contributed by atoms with van der Waals surface area (Å²) in [7, 11) is 0. The lowest BCUT2D eigenvalue weighted by Crippen LogP contribution is -2.01. The molecule has 0 aromatic heterocycles. The first kappa shape index (κ1) is 8.78. The fourth-order valence-corrected chi connectivity index (χ4v) is 1.38. The monoisotopic (exact) mass is 185 g/mol. The Morgan fingerprint density at radius 1 is 0.786 bits per heavy atom. The molecular formula is C12H11NO. The maximum absolute atomic E-state index is 5.10. The Labute approximate surface area is 82.9 Å². The normalized spacial score (nSPS) is 9.79. The predicted octanol–water partition coefficient (Wildman–Crippen LogP) is 2.61. The number of nitrogens with two attached hydrogens (primary N) is 1. The first-order valence-electron chi connectivity index (χ1n) is 4.42. The molecule has 0 aliphatic rings. The van der Waals surface area contributed by atoms with E-state index >= 15 is 0 Å². The van der Waals surface area contributed by atoms with E-state index in [4.69, 9.17) is 5.90 Å². The van der Waals surface area contributed by atoms with Gasteiger partial charge in [-0.15, -0.1) is 0 Å². The molecular weight excluding hydrogens is 174 g/mol. The molecule has 0 saturated carbocycles. The third-order valence-corrected chi connectivity index (χ3v) is 2.08. The molecule has 0 heterocycles. The van der Waals surface area contributed by atoms with Crippen molar-refractivity contribution in [2.45, 2.75) is 0 Å². The molecule has 0 fully saturated rings. The Balaban J connectivity index is 2.42. The standard InChI is InChI=1S/C12H11NO/c13-14-12-8-4-7-11(9-12)10-5-2-1-3-6-10/h1-9H,13H2. The van der Waals surface area contributed by atoms with Crippen LogP contribution < -0.4 is 10.7 Å². The van der Waals surface area contributed by atoms with Gasteiger partial charge in [0.2, 0.25) is 0 Å². The van der Waals surface area contributed by atoms with Gasteiger partial charge in [-0.25, -0.2) is 0 Å². The van der Waals surface area contributed by atoms with Gasteiger partial charge in [-0.1, -0.05) is 42.5 Å². The fourth-order valence-electron chi connectivity index (χ4n) is 1.38. The van der Waals surface area contributed by atoms with Crippen LogP contribution >= 0.6 is 0 Å². The first-order valence-corrected chi connectivity index (χ1v) is 4.42. The molecule has 0 aliphatic carbocycles. The highest BCUT2D eigenvalue weighted by atomic mass is 16.6. The van der Waals surface area contributed by atoms with Crippen molar-refractivity contribution < 1.29 is 4.84 Å². The molecule has 14 heavy (non-hydrogen) atoms. The molecule has 2 nitrogen and oxygen atoms in total. The SMILES string of the molecule is NOc1cccc(-c2ccccc2)c1. The van der Waals surface area contributed by atoms with E-state index in [1.807, 2.05) is 42.5 Å². The average molecular weight is 185 g/mol. The Morgan fingerprint density at radius 3 is 2.21 bits per heavy atom. The number of benzene rings is 2. The Bertz CT molecular complexity index is 412. The zero-order chi connectivity index (χ0) is 9.80. The highest BCUT2D eigenvalue weighted by Crippen LogP contribution is 2.22. The number of hydrogen-bond donors (Lipinski definition) is 1. The zero-order valence-electron chi connectivity index (χ0n) is 7.68. The minimum Gasteiger partial charge on any atom is -0.412 e.